The number of aromatic amines is 1. The molecular formula is C7H6N4O. The number of aldehydes is 1. The van der Waals surface area contributed by atoms with E-state index in [1.807, 2.05) is 0 Å². The molecule has 2 heterocycles. The van der Waals surface area contributed by atoms with Gasteiger partial charge in [-0.25, -0.2) is 15.0 Å². The molecule has 0 radical (unpaired) electrons. The van der Waals surface area contributed by atoms with Crippen molar-refractivity contribution in [1.29, 1.82) is 0 Å². The Labute approximate surface area is 67.9 Å². The minimum atomic E-state index is 0.239. The van der Waals surface area contributed by atoms with Gasteiger partial charge in [-0.05, 0) is 0 Å². The Morgan fingerprint density at radius 1 is 1.50 bits per heavy atom. The zero-order chi connectivity index (χ0) is 8.39. The van der Waals surface area contributed by atoms with Crippen LogP contribution in [0.15, 0.2) is 12.5 Å². The lowest BCUT2D eigenvalue weighted by Crippen LogP contribution is -1.95. The number of hydrogen-bond donors (Lipinski definition) is 1. The molecule has 0 saturated carbocycles. The quantitative estimate of drug-likeness (QED) is 0.635. The van der Waals surface area contributed by atoms with Crippen LogP contribution in [0.2, 0.25) is 0 Å². The largest absolute Gasteiger partial charge is 0.342 e. The summed E-state index contributed by atoms with van der Waals surface area (Å²) in [6.07, 6.45) is 4.18. The molecule has 0 aliphatic carbocycles. The van der Waals surface area contributed by atoms with Crippen LogP contribution in [0.5, 0.6) is 0 Å². The molecule has 1 N–H and O–H groups in total. The van der Waals surface area contributed by atoms with E-state index in [-0.39, 0.29) is 6.42 Å². The first-order valence-electron chi connectivity index (χ1n) is 3.49. The van der Waals surface area contributed by atoms with E-state index in [2.05, 4.69) is 19.9 Å². The molecule has 0 aliphatic rings. The first-order chi connectivity index (χ1) is 5.90. The highest BCUT2D eigenvalue weighted by atomic mass is 16.1. The van der Waals surface area contributed by atoms with Crippen molar-refractivity contribution in [3.63, 3.8) is 0 Å². The topological polar surface area (TPSA) is 71.5 Å². The van der Waals surface area contributed by atoms with Crippen LogP contribution in [0.3, 0.4) is 0 Å². The average Bonchev–Trinajstić information content (AvgIpc) is 2.51. The second kappa shape index (κ2) is 2.69. The van der Waals surface area contributed by atoms with Crippen molar-refractivity contribution in [2.45, 2.75) is 6.42 Å². The second-order valence-corrected chi connectivity index (χ2v) is 2.30. The predicted octanol–water partition coefficient (Wildman–Crippen LogP) is 0.0943. The van der Waals surface area contributed by atoms with E-state index in [0.717, 1.165) is 11.8 Å². The van der Waals surface area contributed by atoms with E-state index in [1.54, 1.807) is 12.5 Å². The highest BCUT2D eigenvalue weighted by Gasteiger charge is 1.99. The van der Waals surface area contributed by atoms with Gasteiger partial charge in [0.05, 0.1) is 18.9 Å². The lowest BCUT2D eigenvalue weighted by molar-refractivity contribution is -0.107. The maximum absolute atomic E-state index is 10.1. The number of carbonyl (C=O) groups is 1. The van der Waals surface area contributed by atoms with Gasteiger partial charge in [0.15, 0.2) is 5.65 Å². The van der Waals surface area contributed by atoms with Gasteiger partial charge in [-0.2, -0.15) is 0 Å². The second-order valence-electron chi connectivity index (χ2n) is 2.30. The Morgan fingerprint density at radius 3 is 3.25 bits per heavy atom. The van der Waals surface area contributed by atoms with Crippen LogP contribution in [0.25, 0.3) is 11.2 Å². The molecule has 60 valence electrons. The van der Waals surface area contributed by atoms with Gasteiger partial charge in [0.25, 0.3) is 0 Å². The number of hydrogen-bond acceptors (Lipinski definition) is 4. The third-order valence-electron chi connectivity index (χ3n) is 1.49. The van der Waals surface area contributed by atoms with Crippen LogP contribution in [-0.4, -0.2) is 26.2 Å². The van der Waals surface area contributed by atoms with Crippen LogP contribution < -0.4 is 0 Å². The fourth-order valence-corrected chi connectivity index (χ4v) is 0.944. The average molecular weight is 162 g/mol. The van der Waals surface area contributed by atoms with Gasteiger partial charge in [0, 0.05) is 0 Å². The van der Waals surface area contributed by atoms with E-state index in [0.29, 0.717) is 11.5 Å². The number of nitrogens with one attached hydrogen (secondary N) is 1. The Balaban J connectivity index is 2.52. The fraction of sp³-hybridized carbons (Fsp3) is 0.143. The number of H-pyrrole nitrogens is 1. The van der Waals surface area contributed by atoms with Crippen molar-refractivity contribution in [2.24, 2.45) is 0 Å². The molecule has 5 heteroatoms. The van der Waals surface area contributed by atoms with Gasteiger partial charge in [0.1, 0.15) is 17.6 Å². The fourth-order valence-electron chi connectivity index (χ4n) is 0.944. The summed E-state index contributed by atoms with van der Waals surface area (Å²) >= 11 is 0. The minimum Gasteiger partial charge on any atom is -0.342 e. The summed E-state index contributed by atoms with van der Waals surface area (Å²) in [5.74, 6) is 0.504. The molecular weight excluding hydrogens is 156 g/mol. The Hall–Kier alpha value is -1.78. The van der Waals surface area contributed by atoms with Gasteiger partial charge in [-0.15, -0.1) is 0 Å². The summed E-state index contributed by atoms with van der Waals surface area (Å²) in [5.41, 5.74) is 1.38. The first kappa shape index (κ1) is 6.90. The minimum absolute atomic E-state index is 0.239. The molecule has 0 atom stereocenters. The first-order valence-corrected chi connectivity index (χ1v) is 3.49. The van der Waals surface area contributed by atoms with Crippen LogP contribution in [0, 0.1) is 0 Å². The number of nitrogens with zero attached hydrogens (tertiary/aromatic N) is 3. The third-order valence-corrected chi connectivity index (χ3v) is 1.49. The molecule has 0 amide bonds. The molecule has 0 unspecified atom stereocenters. The molecule has 2 rings (SSSR count). The van der Waals surface area contributed by atoms with Gasteiger partial charge in [-0.1, -0.05) is 0 Å². The van der Waals surface area contributed by atoms with Gasteiger partial charge < -0.3 is 9.78 Å². The number of fused-ring (bicyclic) bond motifs is 1. The Bertz CT molecular complexity index is 408. The summed E-state index contributed by atoms with van der Waals surface area (Å²) in [6, 6.07) is 0. The normalized spacial score (nSPS) is 10.3. The van der Waals surface area contributed by atoms with E-state index >= 15 is 0 Å². The number of imidazole rings is 1. The summed E-state index contributed by atoms with van der Waals surface area (Å²) < 4.78 is 0. The van der Waals surface area contributed by atoms with E-state index in [4.69, 9.17) is 0 Å². The Kier molecular flexibility index (Phi) is 1.55. The van der Waals surface area contributed by atoms with Crippen LogP contribution in [-0.2, 0) is 11.2 Å². The van der Waals surface area contributed by atoms with Crippen LogP contribution in [0.1, 0.15) is 5.82 Å². The van der Waals surface area contributed by atoms with Crippen molar-refractivity contribution in [2.75, 3.05) is 0 Å². The number of rotatable bonds is 2. The summed E-state index contributed by atoms with van der Waals surface area (Å²) in [6.45, 7) is 0. The molecule has 0 aromatic carbocycles. The van der Waals surface area contributed by atoms with Crippen molar-refractivity contribution in [3.8, 4) is 0 Å². The molecule has 0 bridgehead atoms. The van der Waals surface area contributed by atoms with Crippen LogP contribution in [0.4, 0.5) is 0 Å². The predicted molar refractivity (Wildman–Crippen MR) is 41.5 cm³/mol. The van der Waals surface area contributed by atoms with Crippen molar-refractivity contribution in [1.82, 2.24) is 19.9 Å². The maximum atomic E-state index is 10.1. The zero-order valence-corrected chi connectivity index (χ0v) is 6.19. The monoisotopic (exact) mass is 162 g/mol. The number of carbonyl (C=O) groups excluding carboxylic acids is 1. The molecule has 5 nitrogen and oxygen atoms in total. The Morgan fingerprint density at radius 2 is 2.42 bits per heavy atom. The standard InChI is InChI=1S/C7H6N4O/c12-2-1-6-8-3-5-7(11-6)10-4-9-5/h2-4H,1H2,(H,8,9,10,11). The zero-order valence-electron chi connectivity index (χ0n) is 6.19. The lowest BCUT2D eigenvalue weighted by atomic mass is 10.4. The molecule has 2 aromatic rings. The van der Waals surface area contributed by atoms with E-state index in [9.17, 15) is 4.79 Å². The van der Waals surface area contributed by atoms with Crippen molar-refractivity contribution in [3.05, 3.63) is 18.3 Å². The molecule has 0 spiro atoms. The summed E-state index contributed by atoms with van der Waals surface area (Å²) in [4.78, 5) is 24.9. The lowest BCUT2D eigenvalue weighted by Gasteiger charge is -1.91. The van der Waals surface area contributed by atoms with E-state index < -0.39 is 0 Å². The molecule has 12 heavy (non-hydrogen) atoms. The molecule has 0 saturated heterocycles. The molecule has 0 aliphatic heterocycles. The van der Waals surface area contributed by atoms with Crippen molar-refractivity contribution < 1.29 is 4.79 Å². The highest BCUT2D eigenvalue weighted by Crippen LogP contribution is 2.03. The van der Waals surface area contributed by atoms with Gasteiger partial charge in [0.2, 0.25) is 0 Å². The molecule has 0 fully saturated rings. The van der Waals surface area contributed by atoms with Gasteiger partial charge >= 0.3 is 0 Å². The maximum Gasteiger partial charge on any atom is 0.180 e. The third kappa shape index (κ3) is 1.05. The number of aromatic nitrogens is 4. The smallest absolute Gasteiger partial charge is 0.180 e. The summed E-state index contributed by atoms with van der Waals surface area (Å²) in [7, 11) is 0. The van der Waals surface area contributed by atoms with Crippen LogP contribution >= 0.6 is 0 Å². The SMILES string of the molecule is O=CCc1ncc2[nH]cnc2n1. The molecule has 2 aromatic heterocycles. The highest BCUT2D eigenvalue weighted by molar-refractivity contribution is 5.68. The summed E-state index contributed by atoms with van der Waals surface area (Å²) in [5, 5.41) is 0. The van der Waals surface area contributed by atoms with E-state index in [1.165, 1.54) is 0 Å². The van der Waals surface area contributed by atoms with Crippen molar-refractivity contribution >= 4 is 17.5 Å². The van der Waals surface area contributed by atoms with Gasteiger partial charge in [-0.3, -0.25) is 0 Å².